The first-order valence-electron chi connectivity index (χ1n) is 6.63. The van der Waals surface area contributed by atoms with Crippen molar-refractivity contribution in [3.05, 3.63) is 71.3 Å². The summed E-state index contributed by atoms with van der Waals surface area (Å²) in [6.07, 6.45) is 3.47. The average Bonchev–Trinajstić information content (AvgIpc) is 2.46. The summed E-state index contributed by atoms with van der Waals surface area (Å²) in [6.45, 7) is 2.05. The van der Waals surface area contributed by atoms with Crippen LogP contribution in [0.2, 0.25) is 0 Å². The summed E-state index contributed by atoms with van der Waals surface area (Å²) in [7, 11) is 3.96. The van der Waals surface area contributed by atoms with Crippen molar-refractivity contribution in [2.24, 2.45) is 0 Å². The number of carbonyl (C=O) groups is 1. The van der Waals surface area contributed by atoms with Crippen molar-refractivity contribution in [1.82, 2.24) is 0 Å². The van der Waals surface area contributed by atoms with E-state index in [9.17, 15) is 4.79 Å². The quantitative estimate of drug-likeness (QED) is 0.616. The molecule has 2 rings (SSSR count). The molecule has 0 aromatic heterocycles. The maximum atomic E-state index is 12.1. The topological polar surface area (TPSA) is 20.3 Å². The molecular weight excluding hydrogens is 246 g/mol. The Kier molecular flexibility index (Phi) is 4.36. The Bertz CT molecular complexity index is 607. The van der Waals surface area contributed by atoms with Crippen LogP contribution < -0.4 is 4.90 Å². The standard InChI is InChI=1S/C18H19NO/c1-14-4-6-15(7-5-14)8-13-18(20)16-9-11-17(12-10-16)19(2)3/h4-13H,1-3H3/b13-8+. The minimum Gasteiger partial charge on any atom is -0.378 e. The van der Waals surface area contributed by atoms with Crippen molar-refractivity contribution in [3.8, 4) is 0 Å². The lowest BCUT2D eigenvalue weighted by Crippen LogP contribution is -2.08. The van der Waals surface area contributed by atoms with E-state index in [-0.39, 0.29) is 5.78 Å². The van der Waals surface area contributed by atoms with Crippen LogP contribution >= 0.6 is 0 Å². The average molecular weight is 265 g/mol. The van der Waals surface area contributed by atoms with Crippen molar-refractivity contribution < 1.29 is 4.79 Å². The zero-order chi connectivity index (χ0) is 14.5. The lowest BCUT2D eigenvalue weighted by molar-refractivity contribution is 0.104. The smallest absolute Gasteiger partial charge is 0.185 e. The van der Waals surface area contributed by atoms with E-state index in [0.29, 0.717) is 5.56 Å². The molecule has 20 heavy (non-hydrogen) atoms. The second-order valence-corrected chi connectivity index (χ2v) is 5.05. The number of allylic oxidation sites excluding steroid dienone is 1. The molecule has 2 heteroatoms. The third-order valence-corrected chi connectivity index (χ3v) is 3.17. The van der Waals surface area contributed by atoms with E-state index in [0.717, 1.165) is 11.3 Å². The van der Waals surface area contributed by atoms with E-state index < -0.39 is 0 Å². The van der Waals surface area contributed by atoms with Gasteiger partial charge >= 0.3 is 0 Å². The molecule has 0 aliphatic carbocycles. The van der Waals surface area contributed by atoms with Gasteiger partial charge < -0.3 is 4.90 Å². The van der Waals surface area contributed by atoms with Gasteiger partial charge in [-0.05, 0) is 42.8 Å². The molecule has 0 saturated heterocycles. The maximum absolute atomic E-state index is 12.1. The summed E-state index contributed by atoms with van der Waals surface area (Å²) < 4.78 is 0. The molecule has 0 N–H and O–H groups in total. The molecule has 0 spiro atoms. The second kappa shape index (κ2) is 6.20. The summed E-state index contributed by atoms with van der Waals surface area (Å²) in [6, 6.07) is 15.7. The fraction of sp³-hybridized carbons (Fsp3) is 0.167. The highest BCUT2D eigenvalue weighted by Crippen LogP contribution is 2.13. The Labute approximate surface area is 120 Å². The van der Waals surface area contributed by atoms with Gasteiger partial charge in [0.25, 0.3) is 0 Å². The van der Waals surface area contributed by atoms with Crippen LogP contribution in [0.15, 0.2) is 54.6 Å². The summed E-state index contributed by atoms with van der Waals surface area (Å²) in [4.78, 5) is 14.1. The molecule has 0 saturated carbocycles. The molecule has 2 aromatic rings. The number of hydrogen-bond donors (Lipinski definition) is 0. The Morgan fingerprint density at radius 2 is 1.55 bits per heavy atom. The molecule has 0 fully saturated rings. The summed E-state index contributed by atoms with van der Waals surface area (Å²) in [5, 5.41) is 0. The highest BCUT2D eigenvalue weighted by atomic mass is 16.1. The number of carbonyl (C=O) groups excluding carboxylic acids is 1. The molecule has 2 nitrogen and oxygen atoms in total. The SMILES string of the molecule is Cc1ccc(/C=C/C(=O)c2ccc(N(C)C)cc2)cc1. The first-order valence-corrected chi connectivity index (χ1v) is 6.63. The second-order valence-electron chi connectivity index (χ2n) is 5.05. The number of ketones is 1. The predicted molar refractivity (Wildman–Crippen MR) is 85.3 cm³/mol. The van der Waals surface area contributed by atoms with Crippen molar-refractivity contribution in [2.45, 2.75) is 6.92 Å². The van der Waals surface area contributed by atoms with E-state index >= 15 is 0 Å². The highest BCUT2D eigenvalue weighted by Gasteiger charge is 2.02. The monoisotopic (exact) mass is 265 g/mol. The van der Waals surface area contributed by atoms with Gasteiger partial charge in [0.2, 0.25) is 0 Å². The molecule has 0 aliphatic heterocycles. The van der Waals surface area contributed by atoms with Gasteiger partial charge in [-0.3, -0.25) is 4.79 Å². The maximum Gasteiger partial charge on any atom is 0.185 e. The largest absolute Gasteiger partial charge is 0.378 e. The zero-order valence-corrected chi connectivity index (χ0v) is 12.1. The van der Waals surface area contributed by atoms with E-state index in [1.165, 1.54) is 5.56 Å². The highest BCUT2D eigenvalue weighted by molar-refractivity contribution is 6.06. The molecule has 0 aliphatic rings. The van der Waals surface area contributed by atoms with Crippen molar-refractivity contribution in [2.75, 3.05) is 19.0 Å². The molecular formula is C18H19NO. The van der Waals surface area contributed by atoms with Gasteiger partial charge in [-0.25, -0.2) is 0 Å². The third-order valence-electron chi connectivity index (χ3n) is 3.17. The molecule has 0 atom stereocenters. The van der Waals surface area contributed by atoms with Crippen LogP contribution in [0.3, 0.4) is 0 Å². The Hall–Kier alpha value is -2.35. The lowest BCUT2D eigenvalue weighted by Gasteiger charge is -2.11. The molecule has 0 heterocycles. The first kappa shape index (κ1) is 14.1. The molecule has 0 radical (unpaired) electrons. The van der Waals surface area contributed by atoms with Gasteiger partial charge in [0, 0.05) is 25.3 Å². The normalized spacial score (nSPS) is 10.8. The number of benzene rings is 2. The Morgan fingerprint density at radius 3 is 2.10 bits per heavy atom. The van der Waals surface area contributed by atoms with Crippen LogP contribution in [0.25, 0.3) is 6.08 Å². The van der Waals surface area contributed by atoms with Gasteiger partial charge in [-0.1, -0.05) is 35.9 Å². The van der Waals surface area contributed by atoms with Crippen LogP contribution in [0.1, 0.15) is 21.5 Å². The molecule has 2 aromatic carbocycles. The molecule has 102 valence electrons. The van der Waals surface area contributed by atoms with Crippen molar-refractivity contribution in [1.29, 1.82) is 0 Å². The number of rotatable bonds is 4. The van der Waals surface area contributed by atoms with Gasteiger partial charge in [0.15, 0.2) is 5.78 Å². The Balaban J connectivity index is 2.09. The van der Waals surface area contributed by atoms with Crippen LogP contribution in [0.5, 0.6) is 0 Å². The van der Waals surface area contributed by atoms with Crippen LogP contribution in [-0.2, 0) is 0 Å². The number of anilines is 1. The molecule has 0 bridgehead atoms. The summed E-state index contributed by atoms with van der Waals surface area (Å²) in [5.41, 5.74) is 4.05. The molecule has 0 amide bonds. The van der Waals surface area contributed by atoms with Gasteiger partial charge in [-0.2, -0.15) is 0 Å². The van der Waals surface area contributed by atoms with Crippen LogP contribution in [-0.4, -0.2) is 19.9 Å². The van der Waals surface area contributed by atoms with E-state index in [1.807, 2.05) is 80.5 Å². The first-order chi connectivity index (χ1) is 9.56. The van der Waals surface area contributed by atoms with Crippen LogP contribution in [0.4, 0.5) is 5.69 Å². The van der Waals surface area contributed by atoms with Gasteiger partial charge in [-0.15, -0.1) is 0 Å². The van der Waals surface area contributed by atoms with E-state index in [2.05, 4.69) is 0 Å². The summed E-state index contributed by atoms with van der Waals surface area (Å²) >= 11 is 0. The lowest BCUT2D eigenvalue weighted by atomic mass is 10.1. The van der Waals surface area contributed by atoms with Crippen LogP contribution in [0, 0.1) is 6.92 Å². The molecule has 0 unspecified atom stereocenters. The number of hydrogen-bond acceptors (Lipinski definition) is 2. The number of aryl methyl sites for hydroxylation is 1. The minimum atomic E-state index is 0.0240. The van der Waals surface area contributed by atoms with Gasteiger partial charge in [0.1, 0.15) is 0 Å². The fourth-order valence-electron chi connectivity index (χ4n) is 1.87. The van der Waals surface area contributed by atoms with E-state index in [4.69, 9.17) is 0 Å². The minimum absolute atomic E-state index is 0.0240. The number of nitrogens with zero attached hydrogens (tertiary/aromatic N) is 1. The summed E-state index contributed by atoms with van der Waals surface area (Å²) in [5.74, 6) is 0.0240. The van der Waals surface area contributed by atoms with Crippen molar-refractivity contribution >= 4 is 17.5 Å². The Morgan fingerprint density at radius 1 is 0.950 bits per heavy atom. The fourth-order valence-corrected chi connectivity index (χ4v) is 1.87. The van der Waals surface area contributed by atoms with Gasteiger partial charge in [0.05, 0.1) is 0 Å². The third kappa shape index (κ3) is 3.58. The van der Waals surface area contributed by atoms with Crippen molar-refractivity contribution in [3.63, 3.8) is 0 Å². The zero-order valence-electron chi connectivity index (χ0n) is 12.1. The van der Waals surface area contributed by atoms with E-state index in [1.54, 1.807) is 6.08 Å². The predicted octanol–water partition coefficient (Wildman–Crippen LogP) is 3.96.